The van der Waals surface area contributed by atoms with Crippen molar-refractivity contribution in [3.8, 4) is 0 Å². The van der Waals surface area contributed by atoms with Crippen LogP contribution in [0.3, 0.4) is 0 Å². The van der Waals surface area contributed by atoms with Crippen molar-refractivity contribution in [1.82, 2.24) is 5.32 Å². The first-order chi connectivity index (χ1) is 12.2. The van der Waals surface area contributed by atoms with E-state index in [2.05, 4.69) is 59.3 Å². The number of aryl methyl sites for hydroxylation is 1. The minimum absolute atomic E-state index is 0.509. The molecule has 0 saturated carbocycles. The molecule has 0 radical (unpaired) electrons. The van der Waals surface area contributed by atoms with E-state index < -0.39 is 0 Å². The summed E-state index contributed by atoms with van der Waals surface area (Å²) < 4.78 is 0. The summed E-state index contributed by atoms with van der Waals surface area (Å²) in [4.78, 5) is 3.33. The number of thiophene rings is 1. The summed E-state index contributed by atoms with van der Waals surface area (Å²) in [5.74, 6) is 0. The van der Waals surface area contributed by atoms with Crippen LogP contribution in [0, 0.1) is 6.92 Å². The van der Waals surface area contributed by atoms with Gasteiger partial charge in [0.25, 0.3) is 0 Å². The van der Waals surface area contributed by atoms with Crippen LogP contribution in [0.4, 0.5) is 5.69 Å². The first kappa shape index (κ1) is 17.0. The predicted molar refractivity (Wildman–Crippen MR) is 109 cm³/mol. The molecule has 2 unspecified atom stereocenters. The molecule has 0 amide bonds. The monoisotopic (exact) mass is 372 g/mol. The Morgan fingerprint density at radius 1 is 1.20 bits per heavy atom. The van der Waals surface area contributed by atoms with Crippen molar-refractivity contribution >= 4 is 34.4 Å². The number of nitrogens with one attached hydrogen (secondary N) is 3. The summed E-state index contributed by atoms with van der Waals surface area (Å²) in [6, 6.07) is 14.9. The number of anilines is 1. The molecule has 3 nitrogen and oxygen atoms in total. The number of hydrogen-bond acceptors (Lipinski definition) is 2. The lowest BCUT2D eigenvalue weighted by Crippen LogP contribution is -3.17. The quantitative estimate of drug-likeness (QED) is 0.720. The maximum Gasteiger partial charge on any atom is 0.171 e. The average Bonchev–Trinajstić information content (AvgIpc) is 3.15. The molecular weight excluding hydrogens is 346 g/mol. The molecule has 4 rings (SSSR count). The maximum atomic E-state index is 5.55. The van der Waals surface area contributed by atoms with Gasteiger partial charge in [-0.15, -0.1) is 11.3 Å². The fourth-order valence-electron chi connectivity index (χ4n) is 4.52. The number of hydrogen-bond donors (Lipinski definition) is 3. The molecule has 0 aliphatic carbocycles. The third kappa shape index (κ3) is 4.05. The standard InChI is InChI=1S/C20H25N3S2/c1-14-4-2-5-15(10-14)21-20(24)22-16-11-17-7-8-18(12-16)23(17)13-19-6-3-9-25-19/h2-6,9-10,16-18H,7-8,11-13H2,1H3,(H2,21,22,24)/p+1/t16?,17-,18+. The normalized spacial score (nSPS) is 27.9. The largest absolute Gasteiger partial charge is 0.359 e. The van der Waals surface area contributed by atoms with Crippen molar-refractivity contribution in [1.29, 1.82) is 0 Å². The lowest BCUT2D eigenvalue weighted by Gasteiger charge is -2.36. The van der Waals surface area contributed by atoms with Crippen molar-refractivity contribution in [2.24, 2.45) is 0 Å². The Labute approximate surface area is 159 Å². The van der Waals surface area contributed by atoms with Crippen LogP contribution < -0.4 is 15.5 Å². The van der Waals surface area contributed by atoms with Gasteiger partial charge in [-0.25, -0.2) is 0 Å². The molecule has 2 aliphatic rings. The molecule has 5 heteroatoms. The van der Waals surface area contributed by atoms with Gasteiger partial charge < -0.3 is 15.5 Å². The van der Waals surface area contributed by atoms with Crippen molar-refractivity contribution < 1.29 is 4.90 Å². The van der Waals surface area contributed by atoms with Crippen molar-refractivity contribution in [3.05, 3.63) is 52.2 Å². The maximum absolute atomic E-state index is 5.55. The second-order valence-corrected chi connectivity index (χ2v) is 8.88. The van der Waals surface area contributed by atoms with Crippen LogP contribution in [0.15, 0.2) is 41.8 Å². The summed E-state index contributed by atoms with van der Waals surface area (Å²) in [6.45, 7) is 3.30. The molecule has 2 aromatic rings. The van der Waals surface area contributed by atoms with Gasteiger partial charge in [0.05, 0.1) is 17.0 Å². The van der Waals surface area contributed by atoms with Crippen LogP contribution >= 0.6 is 23.6 Å². The Morgan fingerprint density at radius 2 is 2.00 bits per heavy atom. The van der Waals surface area contributed by atoms with Gasteiger partial charge in [0.1, 0.15) is 6.54 Å². The molecule has 3 N–H and O–H groups in total. The molecule has 2 bridgehead atoms. The van der Waals surface area contributed by atoms with Crippen LogP contribution in [-0.4, -0.2) is 23.2 Å². The third-order valence-electron chi connectivity index (χ3n) is 5.62. The van der Waals surface area contributed by atoms with Crippen LogP contribution in [0.25, 0.3) is 0 Å². The van der Waals surface area contributed by atoms with E-state index in [0.29, 0.717) is 6.04 Å². The van der Waals surface area contributed by atoms with Gasteiger partial charge in [-0.05, 0) is 48.3 Å². The highest BCUT2D eigenvalue weighted by Crippen LogP contribution is 2.24. The van der Waals surface area contributed by atoms with Crippen molar-refractivity contribution in [2.75, 3.05) is 5.32 Å². The number of rotatable bonds is 4. The van der Waals surface area contributed by atoms with E-state index in [1.807, 2.05) is 11.3 Å². The number of quaternary nitrogens is 1. The molecule has 1 aromatic carbocycles. The number of piperidine rings is 1. The zero-order chi connectivity index (χ0) is 17.2. The Balaban J connectivity index is 1.32. The van der Waals surface area contributed by atoms with E-state index in [-0.39, 0.29) is 0 Å². The molecule has 3 heterocycles. The van der Waals surface area contributed by atoms with E-state index in [4.69, 9.17) is 12.2 Å². The van der Waals surface area contributed by atoms with Crippen molar-refractivity contribution in [2.45, 2.75) is 57.3 Å². The molecule has 1 aromatic heterocycles. The smallest absolute Gasteiger partial charge is 0.171 e. The SMILES string of the molecule is Cc1cccc(NC(=S)NC2C[C@H]3CC[C@@H](C2)[NH+]3Cc2cccs2)c1. The molecule has 2 fully saturated rings. The molecule has 2 aliphatic heterocycles. The number of benzene rings is 1. The second kappa shape index (κ2) is 7.44. The Hall–Kier alpha value is -1.43. The molecule has 0 spiro atoms. The first-order valence-corrected chi connectivity index (χ1v) is 10.5. The van der Waals surface area contributed by atoms with Gasteiger partial charge in [-0.2, -0.15) is 0 Å². The summed E-state index contributed by atoms with van der Waals surface area (Å²) in [5, 5.41) is 9.88. The topological polar surface area (TPSA) is 28.5 Å². The van der Waals surface area contributed by atoms with Crippen LogP contribution in [0.2, 0.25) is 0 Å². The second-order valence-electron chi connectivity index (χ2n) is 7.44. The minimum Gasteiger partial charge on any atom is -0.359 e. The highest BCUT2D eigenvalue weighted by Gasteiger charge is 2.44. The fourth-order valence-corrected chi connectivity index (χ4v) is 5.55. The summed E-state index contributed by atoms with van der Waals surface area (Å²) in [6.07, 6.45) is 5.18. The van der Waals surface area contributed by atoms with Gasteiger partial charge in [-0.3, -0.25) is 0 Å². The summed E-state index contributed by atoms with van der Waals surface area (Å²) in [7, 11) is 0. The van der Waals surface area contributed by atoms with Gasteiger partial charge in [-0.1, -0.05) is 18.2 Å². The summed E-state index contributed by atoms with van der Waals surface area (Å²) in [5.41, 5.74) is 2.32. The lowest BCUT2D eigenvalue weighted by atomic mass is 9.97. The Morgan fingerprint density at radius 3 is 2.68 bits per heavy atom. The van der Waals surface area contributed by atoms with Crippen LogP contribution in [-0.2, 0) is 6.54 Å². The number of fused-ring (bicyclic) bond motifs is 2. The highest BCUT2D eigenvalue weighted by atomic mass is 32.1. The van der Waals surface area contributed by atoms with Gasteiger partial charge >= 0.3 is 0 Å². The van der Waals surface area contributed by atoms with Gasteiger partial charge in [0.2, 0.25) is 0 Å². The first-order valence-electron chi connectivity index (χ1n) is 9.19. The molecule has 4 atom stereocenters. The van der Waals surface area contributed by atoms with E-state index in [9.17, 15) is 0 Å². The number of thiocarbonyl (C=S) groups is 1. The van der Waals surface area contributed by atoms with Crippen molar-refractivity contribution in [3.63, 3.8) is 0 Å². The third-order valence-corrected chi connectivity index (χ3v) is 6.72. The van der Waals surface area contributed by atoms with Crippen LogP contribution in [0.1, 0.15) is 36.1 Å². The molecule has 132 valence electrons. The van der Waals surface area contributed by atoms with E-state index in [0.717, 1.165) is 22.9 Å². The minimum atomic E-state index is 0.509. The summed E-state index contributed by atoms with van der Waals surface area (Å²) >= 11 is 7.45. The lowest BCUT2D eigenvalue weighted by molar-refractivity contribution is -0.954. The average molecular weight is 373 g/mol. The molecule has 2 saturated heterocycles. The zero-order valence-electron chi connectivity index (χ0n) is 14.6. The van der Waals surface area contributed by atoms with E-state index >= 15 is 0 Å². The molecule has 25 heavy (non-hydrogen) atoms. The van der Waals surface area contributed by atoms with E-state index in [1.54, 1.807) is 4.90 Å². The predicted octanol–water partition coefficient (Wildman–Crippen LogP) is 3.12. The van der Waals surface area contributed by atoms with E-state index in [1.165, 1.54) is 42.7 Å². The van der Waals surface area contributed by atoms with Gasteiger partial charge in [0, 0.05) is 37.4 Å². The zero-order valence-corrected chi connectivity index (χ0v) is 16.3. The fraction of sp³-hybridized carbons (Fsp3) is 0.450. The Kier molecular flexibility index (Phi) is 5.06. The van der Waals surface area contributed by atoms with Crippen LogP contribution in [0.5, 0.6) is 0 Å². The molecular formula is C20H26N3S2+. The van der Waals surface area contributed by atoms with Gasteiger partial charge in [0.15, 0.2) is 5.11 Å². The Bertz CT molecular complexity index is 714. The highest BCUT2D eigenvalue weighted by molar-refractivity contribution is 7.80.